The van der Waals surface area contributed by atoms with E-state index in [-0.39, 0.29) is 29.9 Å². The number of amides is 2. The minimum absolute atomic E-state index is 0.0557. The van der Waals surface area contributed by atoms with E-state index in [0.29, 0.717) is 31.1 Å². The van der Waals surface area contributed by atoms with Gasteiger partial charge < -0.3 is 25.4 Å². The third-order valence-corrected chi connectivity index (χ3v) is 9.33. The highest BCUT2D eigenvalue weighted by molar-refractivity contribution is 5.91. The third kappa shape index (κ3) is 7.04. The molecule has 226 valence electrons. The van der Waals surface area contributed by atoms with E-state index in [1.807, 2.05) is 60.7 Å². The Morgan fingerprint density at radius 1 is 0.884 bits per heavy atom. The number of benzene rings is 3. The topological polar surface area (TPSA) is 93.9 Å². The smallest absolute Gasteiger partial charge is 0.243 e. The number of carbonyl (C=O) groups is 2. The molecule has 7 heteroatoms. The van der Waals surface area contributed by atoms with Crippen LogP contribution in [0.1, 0.15) is 74.1 Å². The van der Waals surface area contributed by atoms with Gasteiger partial charge in [-0.2, -0.15) is 0 Å². The van der Waals surface area contributed by atoms with Crippen molar-refractivity contribution in [2.24, 2.45) is 11.7 Å². The van der Waals surface area contributed by atoms with Crippen LogP contribution in [0.3, 0.4) is 0 Å². The fourth-order valence-electron chi connectivity index (χ4n) is 7.00. The van der Waals surface area contributed by atoms with Crippen molar-refractivity contribution in [3.63, 3.8) is 0 Å². The molecule has 0 radical (unpaired) electrons. The molecule has 0 spiro atoms. The molecule has 2 fully saturated rings. The van der Waals surface area contributed by atoms with Gasteiger partial charge in [0.2, 0.25) is 11.8 Å². The van der Waals surface area contributed by atoms with Gasteiger partial charge in [0.05, 0.1) is 18.6 Å². The Hall–Kier alpha value is -3.84. The minimum atomic E-state index is -0.626. The normalized spacial score (nSPS) is 22.8. The van der Waals surface area contributed by atoms with Gasteiger partial charge in [0.15, 0.2) is 0 Å². The maximum Gasteiger partial charge on any atom is 0.243 e. The number of fused-ring (bicyclic) bond motifs is 1. The van der Waals surface area contributed by atoms with Gasteiger partial charge in [-0.3, -0.25) is 9.59 Å². The fourth-order valence-corrected chi connectivity index (χ4v) is 7.00. The van der Waals surface area contributed by atoms with Gasteiger partial charge in [0.1, 0.15) is 30.3 Å². The number of likely N-dealkylation sites (tertiary alicyclic amines) is 1. The average Bonchev–Trinajstić information content (AvgIpc) is 3.48. The quantitative estimate of drug-likeness (QED) is 0.337. The van der Waals surface area contributed by atoms with E-state index in [2.05, 4.69) is 23.5 Å². The molecule has 2 aliphatic carbocycles. The van der Waals surface area contributed by atoms with Gasteiger partial charge in [0.25, 0.3) is 0 Å². The largest absolute Gasteiger partial charge is 0.489 e. The summed E-state index contributed by atoms with van der Waals surface area (Å²) in [7, 11) is 0. The first-order chi connectivity index (χ1) is 21.0. The maximum atomic E-state index is 13.9. The molecule has 6 rings (SSSR count). The van der Waals surface area contributed by atoms with Crippen molar-refractivity contribution in [3.8, 4) is 11.5 Å². The lowest BCUT2D eigenvalue weighted by atomic mass is 9.83. The fraction of sp³-hybridized carbons (Fsp3) is 0.444. The summed E-state index contributed by atoms with van der Waals surface area (Å²) in [5.41, 5.74) is 10.1. The molecule has 3 aromatic carbocycles. The number of nitrogens with one attached hydrogen (secondary N) is 1. The molecule has 2 amide bonds. The summed E-state index contributed by atoms with van der Waals surface area (Å²) >= 11 is 0. The van der Waals surface area contributed by atoms with Gasteiger partial charge in [-0.1, -0.05) is 79.9 Å². The Labute approximate surface area is 254 Å². The van der Waals surface area contributed by atoms with Crippen LogP contribution < -0.4 is 20.5 Å². The molecule has 4 atom stereocenters. The van der Waals surface area contributed by atoms with Gasteiger partial charge >= 0.3 is 0 Å². The average molecular weight is 582 g/mol. The zero-order valence-electron chi connectivity index (χ0n) is 24.8. The number of ether oxygens (including phenoxy) is 2. The summed E-state index contributed by atoms with van der Waals surface area (Å²) in [5, 5.41) is 3.30. The zero-order valence-corrected chi connectivity index (χ0v) is 24.8. The van der Waals surface area contributed by atoms with E-state index in [9.17, 15) is 9.59 Å². The van der Waals surface area contributed by atoms with Crippen LogP contribution >= 0.6 is 0 Å². The van der Waals surface area contributed by atoms with Crippen molar-refractivity contribution < 1.29 is 19.1 Å². The lowest BCUT2D eigenvalue weighted by molar-refractivity contribution is -0.141. The van der Waals surface area contributed by atoms with E-state index in [1.54, 1.807) is 4.90 Å². The molecule has 1 saturated heterocycles. The zero-order chi connectivity index (χ0) is 29.6. The van der Waals surface area contributed by atoms with Crippen molar-refractivity contribution in [1.82, 2.24) is 10.2 Å². The minimum Gasteiger partial charge on any atom is -0.489 e. The Morgan fingerprint density at radius 3 is 2.49 bits per heavy atom. The van der Waals surface area contributed by atoms with Crippen molar-refractivity contribution in [1.29, 1.82) is 0 Å². The van der Waals surface area contributed by atoms with Crippen LogP contribution in [0.15, 0.2) is 78.9 Å². The molecule has 1 aliphatic heterocycles. The van der Waals surface area contributed by atoms with Gasteiger partial charge in [-0.05, 0) is 66.8 Å². The summed E-state index contributed by atoms with van der Waals surface area (Å²) in [5.74, 6) is 1.26. The highest BCUT2D eigenvalue weighted by Crippen LogP contribution is 2.33. The number of aryl methyl sites for hydroxylation is 1. The number of hydrogen-bond acceptors (Lipinski definition) is 5. The van der Waals surface area contributed by atoms with Crippen LogP contribution in [0.2, 0.25) is 0 Å². The molecule has 3 N–H and O–H groups in total. The van der Waals surface area contributed by atoms with Gasteiger partial charge in [-0.25, -0.2) is 0 Å². The summed E-state index contributed by atoms with van der Waals surface area (Å²) in [4.78, 5) is 29.5. The van der Waals surface area contributed by atoms with Crippen LogP contribution in [0.25, 0.3) is 0 Å². The Kier molecular flexibility index (Phi) is 9.27. The molecule has 0 unspecified atom stereocenters. The molecule has 1 saturated carbocycles. The number of hydrogen-bond donors (Lipinski definition) is 2. The lowest BCUT2D eigenvalue weighted by Crippen LogP contribution is -2.54. The number of carbonyl (C=O) groups excluding carboxylic acids is 2. The summed E-state index contributed by atoms with van der Waals surface area (Å²) in [6.45, 7) is 0.787. The van der Waals surface area contributed by atoms with Crippen LogP contribution in [0.4, 0.5) is 0 Å². The van der Waals surface area contributed by atoms with Crippen molar-refractivity contribution in [3.05, 3.63) is 95.6 Å². The molecule has 3 aliphatic rings. The predicted molar refractivity (Wildman–Crippen MR) is 167 cm³/mol. The molecule has 43 heavy (non-hydrogen) atoms. The van der Waals surface area contributed by atoms with E-state index in [4.69, 9.17) is 15.2 Å². The molecule has 3 aromatic rings. The van der Waals surface area contributed by atoms with Crippen molar-refractivity contribution >= 4 is 11.8 Å². The molecule has 0 aromatic heterocycles. The molecule has 1 heterocycles. The van der Waals surface area contributed by atoms with Crippen LogP contribution in [0, 0.1) is 5.92 Å². The molecular weight excluding hydrogens is 538 g/mol. The van der Waals surface area contributed by atoms with Crippen molar-refractivity contribution in [2.75, 3.05) is 6.54 Å². The van der Waals surface area contributed by atoms with E-state index >= 15 is 0 Å². The molecule has 7 nitrogen and oxygen atoms in total. The second kappa shape index (κ2) is 13.6. The maximum absolute atomic E-state index is 13.9. The summed E-state index contributed by atoms with van der Waals surface area (Å²) < 4.78 is 12.4. The van der Waals surface area contributed by atoms with E-state index in [1.165, 1.54) is 17.5 Å². The first-order valence-electron chi connectivity index (χ1n) is 15.9. The highest BCUT2D eigenvalue weighted by Gasteiger charge is 2.44. The summed E-state index contributed by atoms with van der Waals surface area (Å²) in [6, 6.07) is 24.6. The number of nitrogens with zero attached hydrogens (tertiary/aromatic N) is 1. The second-order valence-corrected chi connectivity index (χ2v) is 12.3. The summed E-state index contributed by atoms with van der Waals surface area (Å²) in [6.07, 6.45) is 8.35. The third-order valence-electron chi connectivity index (χ3n) is 9.33. The first-order valence-corrected chi connectivity index (χ1v) is 15.9. The number of rotatable bonds is 9. The molecule has 0 bridgehead atoms. The van der Waals surface area contributed by atoms with Crippen LogP contribution in [0.5, 0.6) is 11.5 Å². The van der Waals surface area contributed by atoms with E-state index in [0.717, 1.165) is 50.5 Å². The van der Waals surface area contributed by atoms with Gasteiger partial charge in [0, 0.05) is 12.5 Å². The second-order valence-electron chi connectivity index (χ2n) is 12.3. The van der Waals surface area contributed by atoms with Crippen LogP contribution in [-0.4, -0.2) is 41.4 Å². The number of nitrogens with two attached hydrogens (primary N) is 1. The Morgan fingerprint density at radius 2 is 1.65 bits per heavy atom. The Bertz CT molecular complexity index is 1390. The highest BCUT2D eigenvalue weighted by atomic mass is 16.5. The lowest BCUT2D eigenvalue weighted by Gasteiger charge is -2.33. The standard InChI is InChI=1S/C36H43N3O4/c37-34(27-14-5-2-6-15-27)36(41)39-23-30(43-29-18-10-17-28(21-29)42-24-25-11-3-1-4-12-25)22-33(39)35(40)38-32-20-9-16-26-13-7-8-19-31(26)32/h1,3-4,7-8,10-13,17-19,21,27,30,32-34H,2,5-6,9,14-16,20,22-24,37H2,(H,38,40)/t30-,32+,33-,34-/m0/s1. The predicted octanol–water partition coefficient (Wildman–Crippen LogP) is 5.72. The van der Waals surface area contributed by atoms with Crippen molar-refractivity contribution in [2.45, 2.75) is 88.6 Å². The monoisotopic (exact) mass is 581 g/mol. The first kappa shape index (κ1) is 29.2. The van der Waals surface area contributed by atoms with Gasteiger partial charge in [-0.15, -0.1) is 0 Å². The Balaban J connectivity index is 1.16. The van der Waals surface area contributed by atoms with Crippen LogP contribution in [-0.2, 0) is 22.6 Å². The van der Waals surface area contributed by atoms with E-state index < -0.39 is 12.1 Å². The SMILES string of the molecule is N[C@H](C(=O)N1C[C@@H](Oc2cccc(OCc3ccccc3)c2)C[C@H]1C(=O)N[C@@H]1CCCc2ccccc21)C1CCCCC1. The molecular formula is C36H43N3O4.